The summed E-state index contributed by atoms with van der Waals surface area (Å²) in [6.07, 6.45) is 6.57. The van der Waals surface area contributed by atoms with Crippen molar-refractivity contribution in [1.82, 2.24) is 15.1 Å². The molecule has 0 bridgehead atoms. The molecule has 19 heavy (non-hydrogen) atoms. The van der Waals surface area contributed by atoms with Gasteiger partial charge >= 0.3 is 0 Å². The SMILES string of the molecule is CCC(CC)(CO)CNC(=O)/C=C/c1ccnn1C. The van der Waals surface area contributed by atoms with Crippen molar-refractivity contribution in [3.8, 4) is 0 Å². The fraction of sp³-hybridized carbons (Fsp3) is 0.571. The Labute approximate surface area is 114 Å². The zero-order valence-corrected chi connectivity index (χ0v) is 11.9. The Morgan fingerprint density at radius 1 is 1.53 bits per heavy atom. The Bertz CT molecular complexity index is 425. The number of nitrogens with zero attached hydrogens (tertiary/aromatic N) is 2. The summed E-state index contributed by atoms with van der Waals surface area (Å²) in [5.74, 6) is -0.152. The predicted molar refractivity (Wildman–Crippen MR) is 75.4 cm³/mol. The van der Waals surface area contributed by atoms with Crippen LogP contribution in [0, 0.1) is 5.41 Å². The number of aryl methyl sites for hydroxylation is 1. The average Bonchev–Trinajstić information content (AvgIpc) is 2.84. The summed E-state index contributed by atoms with van der Waals surface area (Å²) >= 11 is 0. The fourth-order valence-electron chi connectivity index (χ4n) is 1.82. The average molecular weight is 265 g/mol. The Morgan fingerprint density at radius 2 is 2.21 bits per heavy atom. The van der Waals surface area contributed by atoms with Gasteiger partial charge in [0.05, 0.1) is 12.3 Å². The molecule has 1 heterocycles. The van der Waals surface area contributed by atoms with E-state index >= 15 is 0 Å². The minimum absolute atomic E-state index is 0.0890. The number of carbonyl (C=O) groups excluding carboxylic acids is 1. The van der Waals surface area contributed by atoms with Gasteiger partial charge in [0, 0.05) is 31.3 Å². The summed E-state index contributed by atoms with van der Waals surface area (Å²) < 4.78 is 1.69. The third kappa shape index (κ3) is 4.21. The van der Waals surface area contributed by atoms with Crippen LogP contribution in [0.2, 0.25) is 0 Å². The molecule has 106 valence electrons. The molecule has 0 fully saturated rings. The van der Waals surface area contributed by atoms with Crippen LogP contribution in [0.4, 0.5) is 0 Å². The highest BCUT2D eigenvalue weighted by Crippen LogP contribution is 2.24. The van der Waals surface area contributed by atoms with Gasteiger partial charge < -0.3 is 10.4 Å². The van der Waals surface area contributed by atoms with E-state index in [1.54, 1.807) is 17.0 Å². The van der Waals surface area contributed by atoms with Gasteiger partial charge in [-0.15, -0.1) is 0 Å². The highest BCUT2D eigenvalue weighted by Gasteiger charge is 2.25. The summed E-state index contributed by atoms with van der Waals surface area (Å²) in [5.41, 5.74) is 0.658. The molecule has 0 aliphatic carbocycles. The van der Waals surface area contributed by atoms with Gasteiger partial charge in [-0.05, 0) is 25.0 Å². The summed E-state index contributed by atoms with van der Waals surface area (Å²) in [4.78, 5) is 11.7. The van der Waals surface area contributed by atoms with Gasteiger partial charge in [0.15, 0.2) is 0 Å². The summed E-state index contributed by atoms with van der Waals surface area (Å²) in [6.45, 7) is 4.63. The molecule has 0 unspecified atom stereocenters. The largest absolute Gasteiger partial charge is 0.396 e. The predicted octanol–water partition coefficient (Wildman–Crippen LogP) is 1.35. The number of aromatic nitrogens is 2. The Morgan fingerprint density at radius 3 is 2.68 bits per heavy atom. The number of carbonyl (C=O) groups is 1. The Kier molecular flexibility index (Phi) is 5.76. The lowest BCUT2D eigenvalue weighted by Gasteiger charge is -2.29. The molecule has 0 aliphatic rings. The number of aliphatic hydroxyl groups excluding tert-OH is 1. The lowest BCUT2D eigenvalue weighted by atomic mass is 9.83. The van der Waals surface area contributed by atoms with Gasteiger partial charge in [-0.1, -0.05) is 13.8 Å². The second kappa shape index (κ2) is 7.09. The van der Waals surface area contributed by atoms with Gasteiger partial charge in [0.25, 0.3) is 0 Å². The maximum absolute atomic E-state index is 11.7. The van der Waals surface area contributed by atoms with Crippen molar-refractivity contribution >= 4 is 12.0 Å². The van der Waals surface area contributed by atoms with Crippen LogP contribution in [0.3, 0.4) is 0 Å². The van der Waals surface area contributed by atoms with Gasteiger partial charge in [-0.25, -0.2) is 0 Å². The first kappa shape index (κ1) is 15.4. The van der Waals surface area contributed by atoms with Crippen molar-refractivity contribution in [2.24, 2.45) is 12.5 Å². The number of hydrogen-bond donors (Lipinski definition) is 2. The molecule has 0 aromatic carbocycles. The molecule has 0 atom stereocenters. The first-order valence-electron chi connectivity index (χ1n) is 6.61. The van der Waals surface area contributed by atoms with Crippen LogP contribution in [-0.4, -0.2) is 33.9 Å². The number of nitrogens with one attached hydrogen (secondary N) is 1. The molecule has 5 nitrogen and oxygen atoms in total. The molecule has 1 rings (SSSR count). The molecule has 5 heteroatoms. The zero-order valence-electron chi connectivity index (χ0n) is 11.9. The van der Waals surface area contributed by atoms with Crippen molar-refractivity contribution in [1.29, 1.82) is 0 Å². The lowest BCUT2D eigenvalue weighted by molar-refractivity contribution is -0.117. The molecule has 0 saturated carbocycles. The van der Waals surface area contributed by atoms with E-state index in [2.05, 4.69) is 10.4 Å². The molecule has 0 aliphatic heterocycles. The van der Waals surface area contributed by atoms with E-state index < -0.39 is 0 Å². The first-order chi connectivity index (χ1) is 9.06. The van der Waals surface area contributed by atoms with E-state index in [1.807, 2.05) is 27.0 Å². The number of amides is 1. The molecule has 0 spiro atoms. The normalized spacial score (nSPS) is 12.0. The third-order valence-electron chi connectivity index (χ3n) is 3.74. The minimum Gasteiger partial charge on any atom is -0.396 e. The summed E-state index contributed by atoms with van der Waals surface area (Å²) in [5, 5.41) is 16.3. The molecule has 1 amide bonds. The molecular formula is C14H23N3O2. The lowest BCUT2D eigenvalue weighted by Crippen LogP contribution is -2.38. The summed E-state index contributed by atoms with van der Waals surface area (Å²) in [7, 11) is 1.82. The van der Waals surface area contributed by atoms with Crippen LogP contribution in [0.1, 0.15) is 32.4 Å². The highest BCUT2D eigenvalue weighted by molar-refractivity contribution is 5.91. The number of hydrogen-bond acceptors (Lipinski definition) is 3. The number of aliphatic hydroxyl groups is 1. The van der Waals surface area contributed by atoms with Gasteiger partial charge in [-0.2, -0.15) is 5.10 Å². The molecule has 1 aromatic rings. The van der Waals surface area contributed by atoms with Crippen LogP contribution >= 0.6 is 0 Å². The van der Waals surface area contributed by atoms with Crippen LogP contribution in [-0.2, 0) is 11.8 Å². The summed E-state index contributed by atoms with van der Waals surface area (Å²) in [6, 6.07) is 1.83. The third-order valence-corrected chi connectivity index (χ3v) is 3.74. The van der Waals surface area contributed by atoms with Crippen molar-refractivity contribution < 1.29 is 9.90 Å². The van der Waals surface area contributed by atoms with Gasteiger partial charge in [-0.3, -0.25) is 9.48 Å². The van der Waals surface area contributed by atoms with Crippen molar-refractivity contribution in [2.75, 3.05) is 13.2 Å². The van der Waals surface area contributed by atoms with Crippen LogP contribution in [0.25, 0.3) is 6.08 Å². The monoisotopic (exact) mass is 265 g/mol. The van der Waals surface area contributed by atoms with Crippen LogP contribution in [0.15, 0.2) is 18.3 Å². The van der Waals surface area contributed by atoms with E-state index in [0.29, 0.717) is 6.54 Å². The smallest absolute Gasteiger partial charge is 0.244 e. The second-order valence-electron chi connectivity index (χ2n) is 4.80. The van der Waals surface area contributed by atoms with E-state index in [-0.39, 0.29) is 17.9 Å². The molecule has 0 saturated heterocycles. The maximum atomic E-state index is 11.7. The van der Waals surface area contributed by atoms with E-state index in [4.69, 9.17) is 0 Å². The Balaban J connectivity index is 2.52. The van der Waals surface area contributed by atoms with Crippen molar-refractivity contribution in [3.63, 3.8) is 0 Å². The quantitative estimate of drug-likeness (QED) is 0.731. The molecule has 1 aromatic heterocycles. The van der Waals surface area contributed by atoms with Crippen molar-refractivity contribution in [3.05, 3.63) is 24.0 Å². The van der Waals surface area contributed by atoms with E-state index in [0.717, 1.165) is 18.5 Å². The van der Waals surface area contributed by atoms with E-state index in [9.17, 15) is 9.90 Å². The first-order valence-corrected chi connectivity index (χ1v) is 6.61. The van der Waals surface area contributed by atoms with Crippen LogP contribution in [0.5, 0.6) is 0 Å². The van der Waals surface area contributed by atoms with Gasteiger partial charge in [0.1, 0.15) is 0 Å². The molecule has 0 radical (unpaired) electrons. The molecule has 2 N–H and O–H groups in total. The second-order valence-corrected chi connectivity index (χ2v) is 4.80. The minimum atomic E-state index is -0.212. The van der Waals surface area contributed by atoms with Crippen molar-refractivity contribution in [2.45, 2.75) is 26.7 Å². The van der Waals surface area contributed by atoms with Crippen LogP contribution < -0.4 is 5.32 Å². The number of rotatable bonds is 7. The molecular weight excluding hydrogens is 242 g/mol. The highest BCUT2D eigenvalue weighted by atomic mass is 16.3. The topological polar surface area (TPSA) is 67.2 Å². The van der Waals surface area contributed by atoms with E-state index in [1.165, 1.54) is 6.08 Å². The zero-order chi connectivity index (χ0) is 14.3. The van der Waals surface area contributed by atoms with Gasteiger partial charge in [0.2, 0.25) is 5.91 Å². The fourth-order valence-corrected chi connectivity index (χ4v) is 1.82. The maximum Gasteiger partial charge on any atom is 0.244 e. The standard InChI is InChI=1S/C14H23N3O2/c1-4-14(5-2,11-18)10-15-13(19)7-6-12-8-9-16-17(12)3/h6-9,18H,4-5,10-11H2,1-3H3,(H,15,19)/b7-6+. The Hall–Kier alpha value is -1.62.